The predicted molar refractivity (Wildman–Crippen MR) is 77.4 cm³/mol. The molecule has 0 fully saturated rings. The van der Waals surface area contributed by atoms with Crippen LogP contribution in [0.15, 0.2) is 42.7 Å². The van der Waals surface area contributed by atoms with Crippen molar-refractivity contribution in [2.75, 3.05) is 6.54 Å². The van der Waals surface area contributed by atoms with E-state index in [1.165, 1.54) is 6.07 Å². The minimum atomic E-state index is -0.364. The van der Waals surface area contributed by atoms with Gasteiger partial charge in [0.1, 0.15) is 5.75 Å². The Morgan fingerprint density at radius 3 is 2.85 bits per heavy atom. The molecule has 0 amide bonds. The second-order valence-corrected chi connectivity index (χ2v) is 4.66. The maximum atomic E-state index is 14.0. The molecule has 1 unspecified atom stereocenters. The Labute approximate surface area is 118 Å². The van der Waals surface area contributed by atoms with E-state index >= 15 is 0 Å². The van der Waals surface area contributed by atoms with Gasteiger partial charge in [0.25, 0.3) is 0 Å². The molecule has 0 radical (unpaired) electrons. The van der Waals surface area contributed by atoms with Crippen LogP contribution in [0.25, 0.3) is 0 Å². The van der Waals surface area contributed by atoms with Gasteiger partial charge < -0.3 is 10.1 Å². The van der Waals surface area contributed by atoms with E-state index in [2.05, 4.69) is 17.2 Å². The average Bonchev–Trinajstić information content (AvgIpc) is 2.48. The molecule has 2 aromatic rings. The molecule has 4 heteroatoms. The predicted octanol–water partition coefficient (Wildman–Crippen LogP) is 4.07. The lowest BCUT2D eigenvalue weighted by molar-refractivity contribution is 0.438. The third-order valence-corrected chi connectivity index (χ3v) is 3.02. The van der Waals surface area contributed by atoms with E-state index in [-0.39, 0.29) is 17.6 Å². The molecule has 1 N–H and O–H groups in total. The zero-order valence-electron chi connectivity index (χ0n) is 11.8. The zero-order valence-corrected chi connectivity index (χ0v) is 11.8. The molecule has 2 rings (SSSR count). The highest BCUT2D eigenvalue weighted by atomic mass is 19.1. The molecule has 1 aromatic carbocycles. The van der Waals surface area contributed by atoms with Gasteiger partial charge in [0.2, 0.25) is 0 Å². The molecule has 3 nitrogen and oxygen atoms in total. The molecule has 1 aromatic heterocycles. The van der Waals surface area contributed by atoms with Crippen LogP contribution in [0.5, 0.6) is 11.5 Å². The summed E-state index contributed by atoms with van der Waals surface area (Å²) < 4.78 is 19.5. The van der Waals surface area contributed by atoms with Crippen LogP contribution in [-0.2, 0) is 0 Å². The average molecular weight is 274 g/mol. The highest BCUT2D eigenvalue weighted by Crippen LogP contribution is 2.26. The summed E-state index contributed by atoms with van der Waals surface area (Å²) in [4.78, 5) is 3.93. The topological polar surface area (TPSA) is 34.1 Å². The van der Waals surface area contributed by atoms with Crippen molar-refractivity contribution in [1.82, 2.24) is 10.3 Å². The third-order valence-electron chi connectivity index (χ3n) is 3.02. The fourth-order valence-electron chi connectivity index (χ4n) is 1.88. The lowest BCUT2D eigenvalue weighted by Crippen LogP contribution is -2.19. The first kappa shape index (κ1) is 14.5. The summed E-state index contributed by atoms with van der Waals surface area (Å²) >= 11 is 0. The normalized spacial score (nSPS) is 12.2. The number of pyridine rings is 1. The molecule has 1 atom stereocenters. The van der Waals surface area contributed by atoms with Gasteiger partial charge in [0.05, 0.1) is 6.20 Å². The van der Waals surface area contributed by atoms with Crippen LogP contribution in [0.3, 0.4) is 0 Å². The molecule has 0 bridgehead atoms. The van der Waals surface area contributed by atoms with Crippen LogP contribution in [-0.4, -0.2) is 11.5 Å². The highest BCUT2D eigenvalue weighted by molar-refractivity contribution is 5.34. The minimum Gasteiger partial charge on any atom is -0.453 e. The van der Waals surface area contributed by atoms with Crippen molar-refractivity contribution >= 4 is 0 Å². The fraction of sp³-hybridized carbons (Fsp3) is 0.312. The van der Waals surface area contributed by atoms with Gasteiger partial charge >= 0.3 is 0 Å². The van der Waals surface area contributed by atoms with Crippen LogP contribution in [0.2, 0.25) is 0 Å². The number of benzene rings is 1. The Morgan fingerprint density at radius 1 is 1.35 bits per heavy atom. The van der Waals surface area contributed by atoms with Gasteiger partial charge in [-0.05, 0) is 49.7 Å². The number of nitrogens with one attached hydrogen (secondary N) is 1. The lowest BCUT2D eigenvalue weighted by Gasteiger charge is -2.15. The number of ether oxygens (including phenoxy) is 1. The van der Waals surface area contributed by atoms with Crippen molar-refractivity contribution in [3.63, 3.8) is 0 Å². The smallest absolute Gasteiger partial charge is 0.166 e. The Morgan fingerprint density at radius 2 is 2.20 bits per heavy atom. The van der Waals surface area contributed by atoms with Crippen LogP contribution in [0.1, 0.15) is 31.9 Å². The Balaban J connectivity index is 2.10. The Hall–Kier alpha value is -1.94. The molecular formula is C16H19FN2O. The number of halogens is 1. The van der Waals surface area contributed by atoms with E-state index in [4.69, 9.17) is 4.74 Å². The number of rotatable bonds is 6. The first-order chi connectivity index (χ1) is 9.70. The summed E-state index contributed by atoms with van der Waals surface area (Å²) in [5, 5.41) is 3.33. The summed E-state index contributed by atoms with van der Waals surface area (Å²) in [7, 11) is 0. The fourth-order valence-corrected chi connectivity index (χ4v) is 1.88. The van der Waals surface area contributed by atoms with Gasteiger partial charge in [-0.2, -0.15) is 0 Å². The van der Waals surface area contributed by atoms with E-state index in [9.17, 15) is 4.39 Å². The minimum absolute atomic E-state index is 0.122. The van der Waals surface area contributed by atoms with Gasteiger partial charge in [-0.15, -0.1) is 0 Å². The van der Waals surface area contributed by atoms with Gasteiger partial charge in [-0.3, -0.25) is 4.98 Å². The molecule has 0 aliphatic carbocycles. The maximum Gasteiger partial charge on any atom is 0.166 e. The second kappa shape index (κ2) is 7.01. The summed E-state index contributed by atoms with van der Waals surface area (Å²) in [6.45, 7) is 5.04. The van der Waals surface area contributed by atoms with Crippen LogP contribution in [0, 0.1) is 5.82 Å². The molecule has 0 saturated heterocycles. The first-order valence-corrected chi connectivity index (χ1v) is 6.81. The number of hydrogen-bond donors (Lipinski definition) is 1. The van der Waals surface area contributed by atoms with E-state index in [1.807, 2.05) is 13.0 Å². The van der Waals surface area contributed by atoms with Crippen LogP contribution >= 0.6 is 0 Å². The SMILES string of the molecule is CCCNC(C)c1ccc(Oc2cccnc2)c(F)c1. The van der Waals surface area contributed by atoms with Gasteiger partial charge in [-0.25, -0.2) is 4.39 Å². The van der Waals surface area contributed by atoms with Crippen molar-refractivity contribution in [2.45, 2.75) is 26.3 Å². The highest BCUT2D eigenvalue weighted by Gasteiger charge is 2.10. The molecular weight excluding hydrogens is 255 g/mol. The summed E-state index contributed by atoms with van der Waals surface area (Å²) in [5.41, 5.74) is 0.912. The van der Waals surface area contributed by atoms with Crippen LogP contribution in [0.4, 0.5) is 4.39 Å². The van der Waals surface area contributed by atoms with Crippen molar-refractivity contribution < 1.29 is 9.13 Å². The van der Waals surface area contributed by atoms with E-state index in [1.54, 1.807) is 30.6 Å². The number of aromatic nitrogens is 1. The monoisotopic (exact) mass is 274 g/mol. The third kappa shape index (κ3) is 3.78. The quantitative estimate of drug-likeness (QED) is 0.862. The Kier molecular flexibility index (Phi) is 5.07. The molecule has 0 aliphatic heterocycles. The zero-order chi connectivity index (χ0) is 14.4. The standard InChI is InChI=1S/C16H19FN2O/c1-3-8-19-12(2)13-6-7-16(15(17)10-13)20-14-5-4-9-18-11-14/h4-7,9-12,19H,3,8H2,1-2H3. The molecule has 0 saturated carbocycles. The summed E-state index contributed by atoms with van der Waals surface area (Å²) in [5.74, 6) is 0.372. The number of nitrogens with zero attached hydrogens (tertiary/aromatic N) is 1. The van der Waals surface area contributed by atoms with E-state index < -0.39 is 0 Å². The van der Waals surface area contributed by atoms with Crippen molar-refractivity contribution in [3.8, 4) is 11.5 Å². The van der Waals surface area contributed by atoms with Gasteiger partial charge in [0.15, 0.2) is 11.6 Å². The largest absolute Gasteiger partial charge is 0.453 e. The molecule has 106 valence electrons. The van der Waals surface area contributed by atoms with Crippen molar-refractivity contribution in [1.29, 1.82) is 0 Å². The number of hydrogen-bond acceptors (Lipinski definition) is 3. The van der Waals surface area contributed by atoms with Crippen LogP contribution < -0.4 is 10.1 Å². The van der Waals surface area contributed by atoms with E-state index in [0.717, 1.165) is 18.5 Å². The summed E-state index contributed by atoms with van der Waals surface area (Å²) in [6.07, 6.45) is 4.25. The van der Waals surface area contributed by atoms with Gasteiger partial charge in [-0.1, -0.05) is 13.0 Å². The Bertz CT molecular complexity index is 545. The molecule has 0 aliphatic rings. The molecule has 0 spiro atoms. The second-order valence-electron chi connectivity index (χ2n) is 4.66. The lowest BCUT2D eigenvalue weighted by atomic mass is 10.1. The first-order valence-electron chi connectivity index (χ1n) is 6.81. The van der Waals surface area contributed by atoms with Crippen molar-refractivity contribution in [2.24, 2.45) is 0 Å². The summed E-state index contributed by atoms with van der Waals surface area (Å²) in [6, 6.07) is 8.66. The van der Waals surface area contributed by atoms with Crippen molar-refractivity contribution in [3.05, 3.63) is 54.1 Å². The molecule has 20 heavy (non-hydrogen) atoms. The van der Waals surface area contributed by atoms with Gasteiger partial charge in [0, 0.05) is 12.2 Å². The van der Waals surface area contributed by atoms with E-state index in [0.29, 0.717) is 5.75 Å². The maximum absolute atomic E-state index is 14.0. The molecule has 1 heterocycles.